The van der Waals surface area contributed by atoms with Crippen LogP contribution in [0.5, 0.6) is 0 Å². The number of fused-ring (bicyclic) bond motifs is 4. The maximum Gasteiger partial charge on any atom is 0.261 e. The smallest absolute Gasteiger partial charge is 0.261 e. The molecule has 0 saturated carbocycles. The number of aromatic nitrogens is 2. The van der Waals surface area contributed by atoms with Crippen LogP contribution in [0.1, 0.15) is 36.4 Å². The van der Waals surface area contributed by atoms with Gasteiger partial charge in [0.2, 0.25) is 5.95 Å². The summed E-state index contributed by atoms with van der Waals surface area (Å²) in [6.07, 6.45) is 4.01. The lowest BCUT2D eigenvalue weighted by Crippen LogP contribution is -2.69. The molecule has 7 heteroatoms. The fraction of sp³-hybridized carbons (Fsp3) is 0.562. The van der Waals surface area contributed by atoms with E-state index in [9.17, 15) is 4.79 Å². The van der Waals surface area contributed by atoms with Crippen LogP contribution in [-0.2, 0) is 0 Å². The maximum atomic E-state index is 12.7. The Morgan fingerprint density at radius 3 is 2.87 bits per heavy atom. The predicted molar refractivity (Wildman–Crippen MR) is 91.5 cm³/mol. The van der Waals surface area contributed by atoms with Gasteiger partial charge < -0.3 is 11.1 Å². The first-order valence-electron chi connectivity index (χ1n) is 8.03. The van der Waals surface area contributed by atoms with E-state index in [2.05, 4.69) is 34.0 Å². The summed E-state index contributed by atoms with van der Waals surface area (Å²) >= 11 is 1.37. The van der Waals surface area contributed by atoms with Gasteiger partial charge in [-0.3, -0.25) is 9.69 Å². The molecule has 122 valence electrons. The average Bonchev–Trinajstić information content (AvgIpc) is 2.94. The maximum absolute atomic E-state index is 12.7. The first kappa shape index (κ1) is 14.8. The SMILES string of the molecule is CC1(C)[C@H](NC(=O)c2cc3cnc(N)nc3s2)C2CCN1CC2. The molecular weight excluding hydrogens is 310 g/mol. The third kappa shape index (κ3) is 2.38. The van der Waals surface area contributed by atoms with E-state index in [0.29, 0.717) is 10.8 Å². The molecule has 3 aliphatic heterocycles. The topological polar surface area (TPSA) is 84.1 Å². The monoisotopic (exact) mass is 331 g/mol. The number of nitrogens with two attached hydrogens (primary N) is 1. The van der Waals surface area contributed by atoms with Crippen molar-refractivity contribution in [3.05, 3.63) is 17.1 Å². The van der Waals surface area contributed by atoms with Gasteiger partial charge in [0.1, 0.15) is 4.83 Å². The number of nitrogen functional groups attached to an aromatic ring is 1. The van der Waals surface area contributed by atoms with Crippen molar-refractivity contribution in [2.45, 2.75) is 38.3 Å². The highest BCUT2D eigenvalue weighted by molar-refractivity contribution is 7.20. The first-order valence-corrected chi connectivity index (χ1v) is 8.85. The van der Waals surface area contributed by atoms with Crippen LogP contribution in [0.4, 0.5) is 5.95 Å². The number of rotatable bonds is 2. The molecule has 5 heterocycles. The number of amides is 1. The van der Waals surface area contributed by atoms with Gasteiger partial charge in [-0.15, -0.1) is 11.3 Å². The Bertz CT molecular complexity index is 763. The molecule has 0 aromatic carbocycles. The largest absolute Gasteiger partial charge is 0.368 e. The zero-order valence-electron chi connectivity index (χ0n) is 13.4. The molecule has 3 N–H and O–H groups in total. The van der Waals surface area contributed by atoms with E-state index in [1.807, 2.05) is 6.07 Å². The minimum absolute atomic E-state index is 0.0116. The van der Waals surface area contributed by atoms with Crippen molar-refractivity contribution < 1.29 is 4.79 Å². The molecule has 0 spiro atoms. The lowest BCUT2D eigenvalue weighted by atomic mass is 9.72. The summed E-state index contributed by atoms with van der Waals surface area (Å²) in [4.78, 5) is 24.8. The zero-order chi connectivity index (χ0) is 16.2. The normalized spacial score (nSPS) is 28.9. The minimum atomic E-state index is -0.0154. The number of carbonyl (C=O) groups is 1. The number of nitrogens with one attached hydrogen (secondary N) is 1. The highest BCUT2D eigenvalue weighted by Crippen LogP contribution is 2.39. The minimum Gasteiger partial charge on any atom is -0.368 e. The van der Waals surface area contributed by atoms with Gasteiger partial charge in [-0.05, 0) is 51.8 Å². The Morgan fingerprint density at radius 1 is 1.43 bits per heavy atom. The average molecular weight is 331 g/mol. The number of anilines is 1. The van der Waals surface area contributed by atoms with Crippen molar-refractivity contribution in [3.63, 3.8) is 0 Å². The highest BCUT2D eigenvalue weighted by Gasteiger charge is 2.48. The molecule has 6 nitrogen and oxygen atoms in total. The van der Waals surface area contributed by atoms with E-state index in [4.69, 9.17) is 5.73 Å². The predicted octanol–water partition coefficient (Wildman–Crippen LogP) is 1.88. The highest BCUT2D eigenvalue weighted by atomic mass is 32.1. The van der Waals surface area contributed by atoms with Gasteiger partial charge in [-0.2, -0.15) is 0 Å². The standard InChI is InChI=1S/C16H21N5OS/c1-16(2)12(9-3-5-21(16)6-4-9)19-13(22)11-7-10-8-18-15(17)20-14(10)23-11/h7-9,12H,3-6H2,1-2H3,(H,19,22)(H2,17,18,20)/t12-/m1/s1. The van der Waals surface area contributed by atoms with Crippen LogP contribution in [0.2, 0.25) is 0 Å². The van der Waals surface area contributed by atoms with Gasteiger partial charge in [0.15, 0.2) is 0 Å². The van der Waals surface area contributed by atoms with E-state index in [0.717, 1.165) is 23.3 Å². The van der Waals surface area contributed by atoms with Crippen LogP contribution in [0.15, 0.2) is 12.3 Å². The fourth-order valence-corrected chi connectivity index (χ4v) is 4.96. The molecule has 23 heavy (non-hydrogen) atoms. The Balaban J connectivity index is 1.59. The summed E-state index contributed by atoms with van der Waals surface area (Å²) < 4.78 is 0. The van der Waals surface area contributed by atoms with Gasteiger partial charge >= 0.3 is 0 Å². The Hall–Kier alpha value is -1.73. The second-order valence-corrected chi connectivity index (χ2v) is 8.06. The van der Waals surface area contributed by atoms with E-state index in [1.165, 1.54) is 24.2 Å². The van der Waals surface area contributed by atoms with Gasteiger partial charge in [0, 0.05) is 23.2 Å². The number of hydrogen-bond acceptors (Lipinski definition) is 6. The number of hydrogen-bond donors (Lipinski definition) is 2. The van der Waals surface area contributed by atoms with E-state index >= 15 is 0 Å². The lowest BCUT2D eigenvalue weighted by molar-refractivity contribution is -0.0377. The van der Waals surface area contributed by atoms with Gasteiger partial charge in [0.25, 0.3) is 5.91 Å². The molecule has 0 aliphatic carbocycles. The summed E-state index contributed by atoms with van der Waals surface area (Å²) in [7, 11) is 0. The first-order chi connectivity index (χ1) is 10.9. The van der Waals surface area contributed by atoms with Crippen LogP contribution in [-0.4, -0.2) is 45.4 Å². The number of thiophene rings is 1. The van der Waals surface area contributed by atoms with Gasteiger partial charge in [-0.1, -0.05) is 0 Å². The fourth-order valence-electron chi connectivity index (χ4n) is 4.05. The summed E-state index contributed by atoms with van der Waals surface area (Å²) in [5.41, 5.74) is 5.63. The third-order valence-corrected chi connectivity index (χ3v) is 6.43. The lowest BCUT2D eigenvalue weighted by Gasteiger charge is -2.56. The van der Waals surface area contributed by atoms with E-state index in [1.54, 1.807) is 6.20 Å². The molecule has 3 fully saturated rings. The summed E-state index contributed by atoms with van der Waals surface area (Å²) in [5.74, 6) is 0.798. The second-order valence-electron chi connectivity index (χ2n) is 7.03. The third-order valence-electron chi connectivity index (χ3n) is 5.39. The molecule has 3 saturated heterocycles. The molecule has 5 rings (SSSR count). The van der Waals surface area contributed by atoms with Crippen molar-refractivity contribution in [1.82, 2.24) is 20.2 Å². The molecule has 3 aliphatic rings. The van der Waals surface area contributed by atoms with Crippen LogP contribution in [0.3, 0.4) is 0 Å². The summed E-state index contributed by atoms with van der Waals surface area (Å²) in [6, 6.07) is 2.04. The zero-order valence-corrected chi connectivity index (χ0v) is 14.2. The van der Waals surface area contributed by atoms with Crippen LogP contribution in [0.25, 0.3) is 10.2 Å². The molecule has 0 radical (unpaired) electrons. The molecule has 0 unspecified atom stereocenters. The van der Waals surface area contributed by atoms with Crippen LogP contribution < -0.4 is 11.1 Å². The Kier molecular flexibility index (Phi) is 3.32. The van der Waals surface area contributed by atoms with Gasteiger partial charge in [0.05, 0.1) is 4.88 Å². The van der Waals surface area contributed by atoms with Crippen molar-refractivity contribution in [1.29, 1.82) is 0 Å². The van der Waals surface area contributed by atoms with Crippen molar-refractivity contribution in [3.8, 4) is 0 Å². The van der Waals surface area contributed by atoms with Gasteiger partial charge in [-0.25, -0.2) is 9.97 Å². The molecule has 2 aromatic heterocycles. The van der Waals surface area contributed by atoms with E-state index in [-0.39, 0.29) is 23.4 Å². The molecular formula is C16H21N5OS. The van der Waals surface area contributed by atoms with Crippen molar-refractivity contribution in [2.75, 3.05) is 18.8 Å². The molecule has 2 bridgehead atoms. The van der Waals surface area contributed by atoms with Crippen molar-refractivity contribution >= 4 is 33.4 Å². The summed E-state index contributed by atoms with van der Waals surface area (Å²) in [6.45, 7) is 6.75. The quantitative estimate of drug-likeness (QED) is 0.878. The molecule has 1 atom stereocenters. The number of carbonyl (C=O) groups excluding carboxylic acids is 1. The van der Waals surface area contributed by atoms with Crippen LogP contribution in [0, 0.1) is 5.92 Å². The number of nitrogens with zero attached hydrogens (tertiary/aromatic N) is 3. The Morgan fingerprint density at radius 2 is 2.17 bits per heavy atom. The van der Waals surface area contributed by atoms with E-state index < -0.39 is 0 Å². The second kappa shape index (κ2) is 5.14. The summed E-state index contributed by atoms with van der Waals surface area (Å²) in [5, 5.41) is 4.15. The van der Waals surface area contributed by atoms with Crippen molar-refractivity contribution in [2.24, 2.45) is 5.92 Å². The van der Waals surface area contributed by atoms with Crippen LogP contribution >= 0.6 is 11.3 Å². The number of piperidine rings is 3. The Labute approximate surface area is 139 Å². The molecule has 2 aromatic rings. The molecule has 1 amide bonds.